The number of rotatable bonds is 9. The Hall–Kier alpha value is -4.23. The Morgan fingerprint density at radius 3 is 2.35 bits per heavy atom. The second-order valence-electron chi connectivity index (χ2n) is 16.7. The third-order valence-electron chi connectivity index (χ3n) is 12.3. The number of amides is 2. The summed E-state index contributed by atoms with van der Waals surface area (Å²) in [6.07, 6.45) is 8.26. The maximum Gasteiger partial charge on any atom is 0.253 e. The molecule has 1 saturated heterocycles. The zero-order valence-corrected chi connectivity index (χ0v) is 32.3. The number of benzene rings is 1. The average Bonchev–Trinajstić information content (AvgIpc) is 3.73. The monoisotopic (exact) mass is 762 g/mol. The molecule has 2 aliphatic carbocycles. The Morgan fingerprint density at radius 2 is 1.70 bits per heavy atom. The molecule has 2 N–H and O–H groups in total. The van der Waals surface area contributed by atoms with Gasteiger partial charge in [-0.1, -0.05) is 18.0 Å². The molecule has 286 valence electrons. The molecule has 0 spiro atoms. The molecule has 0 bridgehead atoms. The topological polar surface area (TPSA) is 108 Å². The second kappa shape index (κ2) is 12.9. The van der Waals surface area contributed by atoms with Crippen LogP contribution >= 0.6 is 11.6 Å². The summed E-state index contributed by atoms with van der Waals surface area (Å²) in [6, 6.07) is 4.82. The average molecular weight is 763 g/mol. The van der Waals surface area contributed by atoms with Crippen LogP contribution in [0.2, 0.25) is 5.02 Å². The van der Waals surface area contributed by atoms with Crippen LogP contribution in [0.25, 0.3) is 22.3 Å². The number of carbonyl (C=O) groups excluding carboxylic acids is 2. The van der Waals surface area contributed by atoms with Gasteiger partial charge in [0, 0.05) is 29.4 Å². The van der Waals surface area contributed by atoms with Crippen LogP contribution in [-0.2, 0) is 10.2 Å². The minimum Gasteiger partial charge on any atom is -0.344 e. The standard InChI is InChI=1S/C40H46ClF3N8O2/c1-21(2)51-20-46-28-16-26(47-35(33(28)51)48-27-15-25(30(41)32(44)31(27)43)36(53)49-40(10-11-40)22(3)42)23-14-29-34(45-19-23)38(4,5)37(54)52(29)24-17-39(6,18-24)50-12-8-7-9-13-50/h14-16,19-22,24H,7-13,17-18H2,1-6H3,(H,47,48)(H,49,53). The number of piperidine rings is 1. The van der Waals surface area contributed by atoms with Gasteiger partial charge in [-0.3, -0.25) is 19.5 Å². The van der Waals surface area contributed by atoms with E-state index in [1.807, 2.05) is 43.2 Å². The third-order valence-corrected chi connectivity index (χ3v) is 12.6. The fourth-order valence-corrected chi connectivity index (χ4v) is 8.91. The SMILES string of the molecule is CC(C)n1cnc2cc(-c3cnc4c(c3)N(C3CC(C)(N5CCCCC5)C3)C(=O)C4(C)C)nc(Nc3cc(C(=O)NC4(C(C)F)CC4)c(Cl)c(F)c3F)c21. The summed E-state index contributed by atoms with van der Waals surface area (Å²) >= 11 is 6.16. The van der Waals surface area contributed by atoms with E-state index >= 15 is 8.78 Å². The van der Waals surface area contributed by atoms with Crippen LogP contribution in [0.5, 0.6) is 0 Å². The van der Waals surface area contributed by atoms with Gasteiger partial charge in [0.2, 0.25) is 5.91 Å². The summed E-state index contributed by atoms with van der Waals surface area (Å²) in [5, 5.41) is 4.87. The van der Waals surface area contributed by atoms with E-state index in [1.165, 1.54) is 26.2 Å². The molecule has 1 atom stereocenters. The highest BCUT2D eigenvalue weighted by atomic mass is 35.5. The number of hydrogen-bond donors (Lipinski definition) is 2. The van der Waals surface area contributed by atoms with Gasteiger partial charge in [-0.05, 0) is 111 Å². The molecule has 1 aromatic carbocycles. The Kier molecular flexibility index (Phi) is 8.80. The molecule has 8 rings (SSSR count). The molecule has 3 aromatic heterocycles. The van der Waals surface area contributed by atoms with Gasteiger partial charge in [0.25, 0.3) is 5.91 Å². The fourth-order valence-electron chi connectivity index (χ4n) is 8.69. The van der Waals surface area contributed by atoms with Crippen molar-refractivity contribution in [1.29, 1.82) is 0 Å². The van der Waals surface area contributed by atoms with Crippen LogP contribution in [0.3, 0.4) is 0 Å². The number of carbonyl (C=O) groups is 2. The van der Waals surface area contributed by atoms with E-state index in [4.69, 9.17) is 21.6 Å². The van der Waals surface area contributed by atoms with Crippen LogP contribution in [0.15, 0.2) is 30.7 Å². The van der Waals surface area contributed by atoms with Gasteiger partial charge < -0.3 is 20.1 Å². The largest absolute Gasteiger partial charge is 0.344 e. The number of fused-ring (bicyclic) bond motifs is 2. The number of nitrogens with zero attached hydrogens (tertiary/aromatic N) is 6. The molecular weight excluding hydrogens is 717 g/mol. The van der Waals surface area contributed by atoms with Crippen molar-refractivity contribution >= 4 is 51.6 Å². The highest BCUT2D eigenvalue weighted by Gasteiger charge is 2.55. The minimum absolute atomic E-state index is 0.0166. The Labute approximate surface area is 317 Å². The van der Waals surface area contributed by atoms with Crippen molar-refractivity contribution in [2.24, 2.45) is 0 Å². The molecule has 3 fully saturated rings. The molecule has 2 saturated carbocycles. The van der Waals surface area contributed by atoms with Gasteiger partial charge >= 0.3 is 0 Å². The van der Waals surface area contributed by atoms with Crippen molar-refractivity contribution in [1.82, 2.24) is 29.7 Å². The molecule has 1 unspecified atom stereocenters. The highest BCUT2D eigenvalue weighted by molar-refractivity contribution is 6.34. The van der Waals surface area contributed by atoms with Crippen molar-refractivity contribution in [3.8, 4) is 11.3 Å². The van der Waals surface area contributed by atoms with Gasteiger partial charge in [0.15, 0.2) is 17.5 Å². The lowest BCUT2D eigenvalue weighted by Gasteiger charge is -2.55. The van der Waals surface area contributed by atoms with E-state index in [-0.39, 0.29) is 40.6 Å². The molecular formula is C40H46ClF3N8O2. The van der Waals surface area contributed by atoms with Crippen LogP contribution in [0, 0.1) is 11.6 Å². The number of pyridine rings is 2. The maximum absolute atomic E-state index is 15.7. The summed E-state index contributed by atoms with van der Waals surface area (Å²) in [7, 11) is 0. The Balaban J connectivity index is 1.17. The van der Waals surface area contributed by atoms with Crippen LogP contribution < -0.4 is 15.5 Å². The van der Waals surface area contributed by atoms with Crippen LogP contribution in [-0.4, -0.2) is 72.6 Å². The van der Waals surface area contributed by atoms with Crippen molar-refractivity contribution in [3.63, 3.8) is 0 Å². The van der Waals surface area contributed by atoms with E-state index in [9.17, 15) is 14.0 Å². The van der Waals surface area contributed by atoms with Crippen molar-refractivity contribution < 1.29 is 22.8 Å². The second-order valence-corrected chi connectivity index (χ2v) is 17.1. The number of imidazole rings is 1. The fraction of sp³-hybridized carbons (Fsp3) is 0.525. The Bertz CT molecular complexity index is 2190. The molecule has 0 radical (unpaired) electrons. The molecule has 4 aliphatic rings. The summed E-state index contributed by atoms with van der Waals surface area (Å²) in [5.41, 5.74) is 1.02. The first-order valence-electron chi connectivity index (χ1n) is 18.9. The normalized spacial score (nSPS) is 23.7. The Morgan fingerprint density at radius 1 is 1.00 bits per heavy atom. The van der Waals surface area contributed by atoms with Crippen molar-refractivity contribution in [2.75, 3.05) is 23.3 Å². The van der Waals surface area contributed by atoms with E-state index in [2.05, 4.69) is 27.4 Å². The van der Waals surface area contributed by atoms with Crippen LogP contribution in [0.4, 0.5) is 30.4 Å². The van der Waals surface area contributed by atoms with Crippen molar-refractivity contribution in [3.05, 3.63) is 58.6 Å². The number of likely N-dealkylation sites (tertiary alicyclic amines) is 1. The van der Waals surface area contributed by atoms with Gasteiger partial charge in [0.05, 0.1) is 56.1 Å². The first kappa shape index (κ1) is 36.7. The lowest BCUT2D eigenvalue weighted by molar-refractivity contribution is -0.123. The number of halogens is 4. The summed E-state index contributed by atoms with van der Waals surface area (Å²) in [6.45, 7) is 13.6. The van der Waals surface area contributed by atoms with E-state index in [0.29, 0.717) is 40.8 Å². The molecule has 10 nitrogen and oxygen atoms in total. The summed E-state index contributed by atoms with van der Waals surface area (Å²) < 4.78 is 47.2. The predicted molar refractivity (Wildman–Crippen MR) is 203 cm³/mol. The molecule has 5 heterocycles. The first-order valence-corrected chi connectivity index (χ1v) is 19.3. The van der Waals surface area contributed by atoms with E-state index in [0.717, 1.165) is 37.7 Å². The number of hydrogen-bond acceptors (Lipinski definition) is 7. The lowest BCUT2D eigenvalue weighted by atomic mass is 9.71. The zero-order valence-electron chi connectivity index (χ0n) is 31.5. The van der Waals surface area contributed by atoms with Gasteiger partial charge in [-0.25, -0.2) is 23.1 Å². The predicted octanol–water partition coefficient (Wildman–Crippen LogP) is 8.40. The third kappa shape index (κ3) is 5.84. The van der Waals surface area contributed by atoms with Gasteiger partial charge in [-0.15, -0.1) is 0 Å². The van der Waals surface area contributed by atoms with Gasteiger partial charge in [-0.2, -0.15) is 0 Å². The maximum atomic E-state index is 15.7. The number of aromatic nitrogens is 4. The molecule has 54 heavy (non-hydrogen) atoms. The number of anilines is 3. The zero-order chi connectivity index (χ0) is 38.5. The summed E-state index contributed by atoms with van der Waals surface area (Å²) in [4.78, 5) is 46.2. The minimum atomic E-state index is -1.42. The number of nitrogens with one attached hydrogen (secondary N) is 2. The highest BCUT2D eigenvalue weighted by Crippen LogP contribution is 2.50. The molecule has 2 amide bonds. The smallest absolute Gasteiger partial charge is 0.253 e. The van der Waals surface area contributed by atoms with Gasteiger partial charge in [0.1, 0.15) is 11.7 Å². The molecule has 2 aliphatic heterocycles. The van der Waals surface area contributed by atoms with E-state index < -0.39 is 39.7 Å². The van der Waals surface area contributed by atoms with E-state index in [1.54, 1.807) is 18.6 Å². The molecule has 4 aromatic rings. The number of alkyl halides is 1. The van der Waals surface area contributed by atoms with Crippen LogP contribution in [0.1, 0.15) is 109 Å². The summed E-state index contributed by atoms with van der Waals surface area (Å²) in [5.74, 6) is -3.36. The first-order chi connectivity index (χ1) is 25.5. The quantitative estimate of drug-likeness (QED) is 0.165. The molecule has 14 heteroatoms. The van der Waals surface area contributed by atoms with Crippen molar-refractivity contribution in [2.45, 2.75) is 121 Å². The lowest BCUT2D eigenvalue weighted by Crippen LogP contribution is -2.64.